The summed E-state index contributed by atoms with van der Waals surface area (Å²) in [4.78, 5) is 48.2. The van der Waals surface area contributed by atoms with Crippen LogP contribution in [0, 0.1) is 0 Å². The standard InChI is InChI=1S/C12H17N3O4.C9H14N2O2.C7H13BrN2O3/c1-2-19-12(18)9-8-4-5-13-11(17)10(8)15(14-9)6-3-7-16;12-9-8(2-1-3-10-9)11-4-6-13-7-5-11;1-2-13-7(12)6(8)10-9-4-3-5-11/h16H,2-7H2,1H3,(H,13,17);2H,1,3-7H2,(H,10,12);9,11H,2-5H2,1H3/b;;10-6-. The Morgan fingerprint density at radius 2 is 1.76 bits per heavy atom. The van der Waals surface area contributed by atoms with Gasteiger partial charge in [0.05, 0.1) is 32.1 Å². The van der Waals surface area contributed by atoms with Crippen molar-refractivity contribution in [3.8, 4) is 0 Å². The minimum Gasteiger partial charge on any atom is -0.461 e. The number of hydrogen-bond donors (Lipinski definition) is 5. The summed E-state index contributed by atoms with van der Waals surface area (Å²) < 4.78 is 16.4. The molecule has 1 fully saturated rings. The van der Waals surface area contributed by atoms with E-state index < -0.39 is 11.9 Å². The molecule has 0 aliphatic carbocycles. The van der Waals surface area contributed by atoms with Crippen LogP contribution in [-0.2, 0) is 36.8 Å². The van der Waals surface area contributed by atoms with Crippen LogP contribution >= 0.6 is 15.9 Å². The number of carbonyl (C=O) groups is 4. The topological polar surface area (TPSA) is 206 Å². The summed E-state index contributed by atoms with van der Waals surface area (Å²) in [5.74, 6) is -1.18. The number of morpholine rings is 1. The number of nitrogens with one attached hydrogen (secondary N) is 3. The van der Waals surface area contributed by atoms with Gasteiger partial charge >= 0.3 is 11.9 Å². The number of rotatable bonds is 12. The predicted molar refractivity (Wildman–Crippen MR) is 167 cm³/mol. The van der Waals surface area contributed by atoms with Gasteiger partial charge in [0.15, 0.2) is 5.69 Å². The smallest absolute Gasteiger partial charge is 0.366 e. The van der Waals surface area contributed by atoms with Crippen LogP contribution in [0.1, 0.15) is 59.7 Å². The van der Waals surface area contributed by atoms with Gasteiger partial charge in [-0.1, -0.05) is 6.08 Å². The van der Waals surface area contributed by atoms with Gasteiger partial charge in [0.1, 0.15) is 5.69 Å². The molecule has 45 heavy (non-hydrogen) atoms. The Bertz CT molecular complexity index is 1180. The molecule has 3 aliphatic heterocycles. The number of aryl methyl sites for hydroxylation is 1. The Morgan fingerprint density at radius 1 is 1.07 bits per heavy atom. The minimum atomic E-state index is -0.504. The van der Waals surface area contributed by atoms with Crippen molar-refractivity contribution < 1.29 is 43.6 Å². The SMILES string of the molecule is CCOC(=O)/C(Br)=N/NCCCO.CCOC(=O)c1nn(CCCO)c2c1CCNC2=O.O=C1NCCC=C1N1CCOCC1. The molecule has 17 heteroatoms. The van der Waals surface area contributed by atoms with Gasteiger partial charge < -0.3 is 45.4 Å². The zero-order valence-corrected chi connectivity index (χ0v) is 27.4. The highest BCUT2D eigenvalue weighted by Gasteiger charge is 2.30. The lowest BCUT2D eigenvalue weighted by Gasteiger charge is -2.31. The maximum Gasteiger partial charge on any atom is 0.366 e. The van der Waals surface area contributed by atoms with Gasteiger partial charge in [-0.25, -0.2) is 9.59 Å². The van der Waals surface area contributed by atoms with Gasteiger partial charge in [-0.3, -0.25) is 14.3 Å². The Balaban J connectivity index is 0.000000243. The van der Waals surface area contributed by atoms with E-state index in [4.69, 9.17) is 19.7 Å². The van der Waals surface area contributed by atoms with Crippen molar-refractivity contribution in [2.45, 2.75) is 46.1 Å². The van der Waals surface area contributed by atoms with Crippen LogP contribution in [-0.4, -0.2) is 126 Å². The van der Waals surface area contributed by atoms with Gasteiger partial charge in [-0.15, -0.1) is 0 Å². The van der Waals surface area contributed by atoms with E-state index in [1.165, 1.54) is 4.68 Å². The van der Waals surface area contributed by atoms with E-state index in [2.05, 4.69) is 51.8 Å². The summed E-state index contributed by atoms with van der Waals surface area (Å²) in [6, 6.07) is 0. The number of nitrogens with zero attached hydrogens (tertiary/aromatic N) is 4. The number of aliphatic hydroxyl groups is 2. The molecule has 0 atom stereocenters. The molecule has 3 aliphatic rings. The van der Waals surface area contributed by atoms with Crippen molar-refractivity contribution in [2.75, 3.05) is 72.4 Å². The van der Waals surface area contributed by atoms with Crippen molar-refractivity contribution in [1.82, 2.24) is 30.7 Å². The summed E-state index contributed by atoms with van der Waals surface area (Å²) in [5.41, 5.74) is 4.69. The van der Waals surface area contributed by atoms with Crippen LogP contribution in [0.3, 0.4) is 0 Å². The van der Waals surface area contributed by atoms with Crippen LogP contribution in [0.15, 0.2) is 16.9 Å². The van der Waals surface area contributed by atoms with Crippen molar-refractivity contribution in [3.05, 3.63) is 28.7 Å². The molecular formula is C28H44BrN7O9. The van der Waals surface area contributed by atoms with Crippen LogP contribution in [0.4, 0.5) is 0 Å². The summed E-state index contributed by atoms with van der Waals surface area (Å²) >= 11 is 2.95. The Kier molecular flexibility index (Phi) is 17.8. The van der Waals surface area contributed by atoms with Crippen LogP contribution in [0.25, 0.3) is 0 Å². The summed E-state index contributed by atoms with van der Waals surface area (Å²) in [7, 11) is 0. The van der Waals surface area contributed by atoms with E-state index in [1.807, 2.05) is 6.08 Å². The minimum absolute atomic E-state index is 0.00495. The highest BCUT2D eigenvalue weighted by Crippen LogP contribution is 2.20. The van der Waals surface area contributed by atoms with Gasteiger partial charge in [0, 0.05) is 58.0 Å². The number of aliphatic hydroxyl groups excluding tert-OH is 2. The first-order chi connectivity index (χ1) is 21.8. The Labute approximate surface area is 270 Å². The van der Waals surface area contributed by atoms with E-state index >= 15 is 0 Å². The quantitative estimate of drug-likeness (QED) is 0.0823. The molecule has 0 radical (unpaired) electrons. The van der Waals surface area contributed by atoms with Gasteiger partial charge in [0.25, 0.3) is 11.8 Å². The zero-order chi connectivity index (χ0) is 33.0. The summed E-state index contributed by atoms with van der Waals surface area (Å²) in [6.45, 7) is 9.42. The van der Waals surface area contributed by atoms with Gasteiger partial charge in [-0.05, 0) is 55.5 Å². The normalized spacial score (nSPS) is 16.0. The maximum atomic E-state index is 11.9. The van der Waals surface area contributed by atoms with E-state index in [-0.39, 0.29) is 41.9 Å². The largest absolute Gasteiger partial charge is 0.461 e. The number of amides is 2. The van der Waals surface area contributed by atoms with Crippen LogP contribution in [0.5, 0.6) is 0 Å². The Hall–Kier alpha value is -3.54. The number of hydrogen-bond acceptors (Lipinski definition) is 13. The molecule has 2 amide bonds. The second kappa shape index (κ2) is 21.2. The van der Waals surface area contributed by atoms with Crippen LogP contribution in [0.2, 0.25) is 0 Å². The van der Waals surface area contributed by atoms with E-state index in [9.17, 15) is 19.2 Å². The molecule has 0 saturated carbocycles. The fourth-order valence-electron chi connectivity index (χ4n) is 4.30. The predicted octanol–water partition coefficient (Wildman–Crippen LogP) is -0.320. The third kappa shape index (κ3) is 12.4. The first-order valence-corrected chi connectivity index (χ1v) is 15.8. The second-order valence-electron chi connectivity index (χ2n) is 9.54. The van der Waals surface area contributed by atoms with Crippen LogP contribution < -0.4 is 16.1 Å². The van der Waals surface area contributed by atoms with Gasteiger partial charge in [-0.2, -0.15) is 10.2 Å². The lowest BCUT2D eigenvalue weighted by Crippen LogP contribution is -2.43. The lowest BCUT2D eigenvalue weighted by molar-refractivity contribution is -0.134. The molecule has 4 heterocycles. The van der Waals surface area contributed by atoms with E-state index in [0.29, 0.717) is 56.8 Å². The monoisotopic (exact) mass is 701 g/mol. The number of fused-ring (bicyclic) bond motifs is 1. The summed E-state index contributed by atoms with van der Waals surface area (Å²) in [5, 5.41) is 30.7. The Morgan fingerprint density at radius 3 is 2.40 bits per heavy atom. The summed E-state index contributed by atoms with van der Waals surface area (Å²) in [6.07, 6.45) is 4.59. The molecule has 252 valence electrons. The highest BCUT2D eigenvalue weighted by molar-refractivity contribution is 9.19. The molecule has 1 aromatic rings. The molecule has 0 bridgehead atoms. The molecule has 16 nitrogen and oxygen atoms in total. The van der Waals surface area contributed by atoms with Crippen molar-refractivity contribution in [2.24, 2.45) is 5.10 Å². The van der Waals surface area contributed by atoms with Gasteiger partial charge in [0.2, 0.25) is 4.62 Å². The molecule has 0 spiro atoms. The average Bonchev–Trinajstić information content (AvgIpc) is 3.43. The number of hydrazone groups is 1. The number of aromatic nitrogens is 2. The van der Waals surface area contributed by atoms with Crippen molar-refractivity contribution in [1.29, 1.82) is 0 Å². The average molecular weight is 703 g/mol. The molecule has 0 unspecified atom stereocenters. The highest BCUT2D eigenvalue weighted by atomic mass is 79.9. The third-order valence-electron chi connectivity index (χ3n) is 6.34. The number of halogens is 1. The zero-order valence-electron chi connectivity index (χ0n) is 25.8. The molecule has 0 aromatic carbocycles. The van der Waals surface area contributed by atoms with Crippen molar-refractivity contribution in [3.63, 3.8) is 0 Å². The number of carbonyl (C=O) groups excluding carboxylic acids is 4. The maximum absolute atomic E-state index is 11.9. The van der Waals surface area contributed by atoms with E-state index in [0.717, 1.165) is 45.0 Å². The van der Waals surface area contributed by atoms with E-state index in [1.54, 1.807) is 13.8 Å². The fourth-order valence-corrected chi connectivity index (χ4v) is 4.53. The van der Waals surface area contributed by atoms with Crippen molar-refractivity contribution >= 4 is 44.3 Å². The molecule has 1 aromatic heterocycles. The number of esters is 2. The first kappa shape index (κ1) is 37.6. The molecule has 4 rings (SSSR count). The molecule has 5 N–H and O–H groups in total. The fraction of sp³-hybridized carbons (Fsp3) is 0.643. The second-order valence-corrected chi connectivity index (χ2v) is 10.3. The lowest BCUT2D eigenvalue weighted by atomic mass is 10.1. The molecular weight excluding hydrogens is 658 g/mol. The third-order valence-corrected chi connectivity index (χ3v) is 6.84. The first-order valence-electron chi connectivity index (χ1n) is 15.0. The molecule has 1 saturated heterocycles. The number of ether oxygens (including phenoxy) is 3.